The highest BCUT2D eigenvalue weighted by molar-refractivity contribution is 5.90. The Bertz CT molecular complexity index is 932. The second kappa shape index (κ2) is 8.66. The highest BCUT2D eigenvalue weighted by Gasteiger charge is 2.08. The van der Waals surface area contributed by atoms with Crippen LogP contribution in [0.25, 0.3) is 11.5 Å². The number of oxazole rings is 1. The van der Waals surface area contributed by atoms with Gasteiger partial charge in [-0.05, 0) is 35.9 Å². The first-order valence-electron chi connectivity index (χ1n) is 8.12. The van der Waals surface area contributed by atoms with Crippen molar-refractivity contribution in [3.8, 4) is 17.2 Å². The first kappa shape index (κ1) is 18.2. The lowest BCUT2D eigenvalue weighted by atomic mass is 10.1. The van der Waals surface area contributed by atoms with Crippen LogP contribution >= 0.6 is 0 Å². The van der Waals surface area contributed by atoms with E-state index in [1.165, 1.54) is 13.4 Å². The molecule has 138 valence electrons. The van der Waals surface area contributed by atoms with Gasteiger partial charge in [0, 0.05) is 5.56 Å². The fourth-order valence-corrected chi connectivity index (χ4v) is 2.29. The van der Waals surface area contributed by atoms with Gasteiger partial charge in [-0.25, -0.2) is 9.78 Å². The van der Waals surface area contributed by atoms with E-state index in [4.69, 9.17) is 14.0 Å². The Hall–Kier alpha value is -3.61. The molecule has 3 rings (SSSR count). The van der Waals surface area contributed by atoms with Gasteiger partial charge in [0.25, 0.3) is 0 Å². The van der Waals surface area contributed by atoms with Crippen LogP contribution in [0.3, 0.4) is 0 Å². The molecule has 27 heavy (non-hydrogen) atoms. The summed E-state index contributed by atoms with van der Waals surface area (Å²) in [5.41, 5.74) is 2.70. The molecule has 0 atom stereocenters. The Morgan fingerprint density at radius 1 is 1.19 bits per heavy atom. The smallest absolute Gasteiger partial charge is 0.337 e. The van der Waals surface area contributed by atoms with Gasteiger partial charge in [-0.2, -0.15) is 0 Å². The molecule has 0 unspecified atom stereocenters. The average molecular weight is 366 g/mol. The number of hydrogen-bond acceptors (Lipinski definition) is 7. The second-order valence-electron chi connectivity index (χ2n) is 5.50. The zero-order valence-corrected chi connectivity index (χ0v) is 14.9. The average Bonchev–Trinajstić information content (AvgIpc) is 3.20. The summed E-state index contributed by atoms with van der Waals surface area (Å²) in [6, 6.07) is 14.2. The van der Waals surface area contributed by atoms with E-state index < -0.39 is 0 Å². The molecule has 0 saturated carbocycles. The van der Waals surface area contributed by atoms with Crippen LogP contribution in [0, 0.1) is 0 Å². The Kier molecular flexibility index (Phi) is 5.84. The number of oxime groups is 1. The molecule has 0 spiro atoms. The number of hydrogen-bond donors (Lipinski definition) is 0. The number of nitrogens with zero attached hydrogens (tertiary/aromatic N) is 2. The number of ether oxygens (including phenoxy) is 2. The highest BCUT2D eigenvalue weighted by atomic mass is 16.6. The van der Waals surface area contributed by atoms with E-state index in [9.17, 15) is 4.79 Å². The minimum absolute atomic E-state index is 0.171. The quantitative estimate of drug-likeness (QED) is 0.360. The first-order valence-corrected chi connectivity index (χ1v) is 8.12. The van der Waals surface area contributed by atoms with Gasteiger partial charge >= 0.3 is 5.97 Å². The van der Waals surface area contributed by atoms with Gasteiger partial charge in [0.05, 0.1) is 26.0 Å². The van der Waals surface area contributed by atoms with Gasteiger partial charge in [-0.1, -0.05) is 23.4 Å². The van der Waals surface area contributed by atoms with Crippen LogP contribution in [0.15, 0.2) is 64.4 Å². The minimum atomic E-state index is -0.382. The van der Waals surface area contributed by atoms with E-state index in [0.29, 0.717) is 17.1 Å². The van der Waals surface area contributed by atoms with Gasteiger partial charge < -0.3 is 18.7 Å². The lowest BCUT2D eigenvalue weighted by Crippen LogP contribution is -2.00. The topological polar surface area (TPSA) is 83.2 Å². The van der Waals surface area contributed by atoms with Crippen LogP contribution in [-0.2, 0) is 16.2 Å². The number of carbonyl (C=O) groups excluding carboxylic acids is 1. The Morgan fingerprint density at radius 2 is 2.00 bits per heavy atom. The summed E-state index contributed by atoms with van der Waals surface area (Å²) in [5.74, 6) is 0.828. The Morgan fingerprint density at radius 3 is 2.74 bits per heavy atom. The molecule has 0 aliphatic carbocycles. The Balaban J connectivity index is 1.55. The summed E-state index contributed by atoms with van der Waals surface area (Å²) in [4.78, 5) is 21.0. The molecule has 1 aromatic heterocycles. The molecule has 0 radical (unpaired) electrons. The summed E-state index contributed by atoms with van der Waals surface area (Å²) in [6.45, 7) is 0.171. The van der Waals surface area contributed by atoms with Gasteiger partial charge in [0.1, 0.15) is 17.7 Å². The van der Waals surface area contributed by atoms with Crippen molar-refractivity contribution in [1.29, 1.82) is 0 Å². The van der Waals surface area contributed by atoms with Crippen LogP contribution in [0.1, 0.15) is 21.6 Å². The number of rotatable bonds is 7. The number of benzene rings is 2. The fourth-order valence-electron chi connectivity index (χ4n) is 2.29. The van der Waals surface area contributed by atoms with Crippen LogP contribution in [0.2, 0.25) is 0 Å². The SMILES string of the molecule is COC(=O)c1ccc(/C=N/OCc2coc(-c3cccc(OC)c3)n2)cc1. The summed E-state index contributed by atoms with van der Waals surface area (Å²) in [7, 11) is 2.95. The largest absolute Gasteiger partial charge is 0.497 e. The molecule has 0 aliphatic heterocycles. The van der Waals surface area contributed by atoms with E-state index in [1.54, 1.807) is 37.6 Å². The van der Waals surface area contributed by atoms with Crippen LogP contribution in [0.4, 0.5) is 0 Å². The van der Waals surface area contributed by atoms with Crippen molar-refractivity contribution in [2.75, 3.05) is 14.2 Å². The van der Waals surface area contributed by atoms with Gasteiger partial charge in [-0.3, -0.25) is 0 Å². The molecule has 0 N–H and O–H groups in total. The molecule has 0 aliphatic rings. The minimum Gasteiger partial charge on any atom is -0.497 e. The molecule has 7 nitrogen and oxygen atoms in total. The first-order chi connectivity index (χ1) is 13.2. The summed E-state index contributed by atoms with van der Waals surface area (Å²) in [5, 5.41) is 3.90. The maximum Gasteiger partial charge on any atom is 0.337 e. The van der Waals surface area contributed by atoms with Crippen LogP contribution in [0.5, 0.6) is 5.75 Å². The molecular formula is C20H18N2O5. The molecule has 0 saturated heterocycles. The van der Waals surface area contributed by atoms with Crippen molar-refractivity contribution in [3.05, 3.63) is 71.6 Å². The maximum absolute atomic E-state index is 11.4. The molecule has 0 amide bonds. The maximum atomic E-state index is 11.4. The van der Waals surface area contributed by atoms with Crippen molar-refractivity contribution in [2.24, 2.45) is 5.16 Å². The van der Waals surface area contributed by atoms with Crippen LogP contribution in [-0.4, -0.2) is 31.4 Å². The van der Waals surface area contributed by atoms with Gasteiger partial charge in [0.15, 0.2) is 6.61 Å². The van der Waals surface area contributed by atoms with E-state index in [-0.39, 0.29) is 12.6 Å². The monoisotopic (exact) mass is 366 g/mol. The van der Waals surface area contributed by atoms with Crippen molar-refractivity contribution in [3.63, 3.8) is 0 Å². The molecule has 2 aromatic carbocycles. The third-order valence-electron chi connectivity index (χ3n) is 3.69. The predicted molar refractivity (Wildman–Crippen MR) is 98.7 cm³/mol. The van der Waals surface area contributed by atoms with Crippen molar-refractivity contribution >= 4 is 12.2 Å². The van der Waals surface area contributed by atoms with Crippen molar-refractivity contribution in [1.82, 2.24) is 4.98 Å². The molecule has 0 fully saturated rings. The standard InChI is InChI=1S/C20H18N2O5/c1-24-18-5-3-4-16(10-18)19-22-17(12-26-19)13-27-21-11-14-6-8-15(9-7-14)20(23)25-2/h3-12H,13H2,1-2H3/b21-11+. The van der Waals surface area contributed by atoms with Crippen molar-refractivity contribution in [2.45, 2.75) is 6.61 Å². The van der Waals surface area contributed by atoms with Crippen LogP contribution < -0.4 is 4.74 Å². The molecule has 3 aromatic rings. The molecule has 7 heteroatoms. The molecule has 0 bridgehead atoms. The zero-order chi connectivity index (χ0) is 19.1. The van der Waals surface area contributed by atoms with Gasteiger partial charge in [-0.15, -0.1) is 0 Å². The lowest BCUT2D eigenvalue weighted by molar-refractivity contribution is 0.0600. The summed E-state index contributed by atoms with van der Waals surface area (Å²) >= 11 is 0. The van der Waals surface area contributed by atoms with E-state index in [1.807, 2.05) is 24.3 Å². The van der Waals surface area contributed by atoms with Gasteiger partial charge in [0.2, 0.25) is 5.89 Å². The number of esters is 1. The summed E-state index contributed by atoms with van der Waals surface area (Å²) < 4.78 is 15.3. The predicted octanol–water partition coefficient (Wildman–Crippen LogP) is 3.69. The second-order valence-corrected chi connectivity index (χ2v) is 5.50. The van der Waals surface area contributed by atoms with E-state index in [0.717, 1.165) is 16.9 Å². The lowest BCUT2D eigenvalue weighted by Gasteiger charge is -2.00. The third kappa shape index (κ3) is 4.72. The fraction of sp³-hybridized carbons (Fsp3) is 0.150. The third-order valence-corrected chi connectivity index (χ3v) is 3.69. The zero-order valence-electron chi connectivity index (χ0n) is 14.9. The van der Waals surface area contributed by atoms with E-state index in [2.05, 4.69) is 14.9 Å². The normalized spacial score (nSPS) is 10.7. The van der Waals surface area contributed by atoms with Crippen molar-refractivity contribution < 1.29 is 23.5 Å². The summed E-state index contributed by atoms with van der Waals surface area (Å²) in [6.07, 6.45) is 3.07. The molecular weight excluding hydrogens is 348 g/mol. The Labute approximate surface area is 156 Å². The number of methoxy groups -OCH3 is 2. The number of carbonyl (C=O) groups is 1. The number of aromatic nitrogens is 1. The highest BCUT2D eigenvalue weighted by Crippen LogP contribution is 2.23. The van der Waals surface area contributed by atoms with E-state index >= 15 is 0 Å². The molecule has 1 heterocycles.